The molecule has 0 fully saturated rings. The Morgan fingerprint density at radius 2 is 1.86 bits per heavy atom. The van der Waals surface area contributed by atoms with E-state index in [1.165, 1.54) is 7.11 Å². The van der Waals surface area contributed by atoms with Gasteiger partial charge in [0.25, 0.3) is 11.8 Å². The molecule has 1 atom stereocenters. The average Bonchev–Trinajstić information content (AvgIpc) is 2.48. The first-order valence-corrected chi connectivity index (χ1v) is 6.91. The Hall–Kier alpha value is -2.41. The van der Waals surface area contributed by atoms with E-state index in [9.17, 15) is 14.4 Å². The van der Waals surface area contributed by atoms with Gasteiger partial charge in [-0.15, -0.1) is 0 Å². The van der Waals surface area contributed by atoms with Gasteiger partial charge in [0.05, 0.1) is 6.42 Å². The second-order valence-corrected chi connectivity index (χ2v) is 4.60. The number of methoxy groups -OCH3 is 1. The molecule has 0 aliphatic carbocycles. The molecule has 120 valence electrons. The van der Waals surface area contributed by atoms with Crippen LogP contribution in [0.25, 0.3) is 0 Å². The third-order valence-electron chi connectivity index (χ3n) is 2.99. The normalized spacial score (nSPS) is 11.5. The zero-order chi connectivity index (χ0) is 16.5. The molecule has 0 radical (unpaired) electrons. The summed E-state index contributed by atoms with van der Waals surface area (Å²) in [6.07, 6.45) is -0.0826. The zero-order valence-corrected chi connectivity index (χ0v) is 12.6. The number of ether oxygens (including phenoxy) is 1. The lowest BCUT2D eigenvalue weighted by atomic mass is 10.2. The van der Waals surface area contributed by atoms with Gasteiger partial charge in [0.15, 0.2) is 0 Å². The van der Waals surface area contributed by atoms with Crippen LogP contribution in [-0.2, 0) is 14.3 Å². The maximum Gasteiger partial charge on any atom is 0.305 e. The summed E-state index contributed by atoms with van der Waals surface area (Å²) in [5, 5.41) is 13.7. The van der Waals surface area contributed by atoms with Crippen LogP contribution < -0.4 is 10.6 Å². The van der Waals surface area contributed by atoms with E-state index < -0.39 is 12.1 Å². The number of carboxylic acid groups (broad SMARTS) is 1. The molecule has 1 unspecified atom stereocenters. The Morgan fingerprint density at radius 3 is 2.36 bits per heavy atom. The Labute approximate surface area is 128 Å². The van der Waals surface area contributed by atoms with Crippen molar-refractivity contribution in [2.45, 2.75) is 25.9 Å². The number of benzene rings is 1. The molecular formula is C15H20N2O5. The van der Waals surface area contributed by atoms with Crippen LogP contribution in [0.1, 0.15) is 30.1 Å². The number of hydrogen-bond acceptors (Lipinski definition) is 4. The van der Waals surface area contributed by atoms with Crippen molar-refractivity contribution < 1.29 is 24.2 Å². The van der Waals surface area contributed by atoms with Crippen LogP contribution >= 0.6 is 0 Å². The molecule has 1 rings (SSSR count). The maximum atomic E-state index is 11.8. The van der Waals surface area contributed by atoms with E-state index in [1.54, 1.807) is 24.3 Å². The highest BCUT2D eigenvalue weighted by Crippen LogP contribution is 2.11. The van der Waals surface area contributed by atoms with Gasteiger partial charge >= 0.3 is 5.97 Å². The molecule has 1 aromatic carbocycles. The number of nitrogens with one attached hydrogen (secondary N) is 2. The minimum atomic E-state index is -0.970. The summed E-state index contributed by atoms with van der Waals surface area (Å²) in [7, 11) is 1.47. The summed E-state index contributed by atoms with van der Waals surface area (Å²) in [5.41, 5.74) is 0.949. The largest absolute Gasteiger partial charge is 0.481 e. The fourth-order valence-electron chi connectivity index (χ4n) is 1.77. The quantitative estimate of drug-likeness (QED) is 0.670. The maximum absolute atomic E-state index is 11.8. The second-order valence-electron chi connectivity index (χ2n) is 4.60. The number of anilines is 1. The molecule has 0 aliphatic rings. The van der Waals surface area contributed by atoms with Gasteiger partial charge in [-0.1, -0.05) is 6.92 Å². The molecule has 0 aliphatic heterocycles. The van der Waals surface area contributed by atoms with E-state index in [4.69, 9.17) is 9.84 Å². The van der Waals surface area contributed by atoms with Gasteiger partial charge in [-0.3, -0.25) is 14.4 Å². The van der Waals surface area contributed by atoms with Crippen LogP contribution in [0.2, 0.25) is 0 Å². The van der Waals surface area contributed by atoms with Crippen molar-refractivity contribution in [3.8, 4) is 0 Å². The predicted octanol–water partition coefficient (Wildman–Crippen LogP) is 1.25. The first-order valence-electron chi connectivity index (χ1n) is 6.91. The summed E-state index contributed by atoms with van der Waals surface area (Å²) < 4.78 is 5.03. The lowest BCUT2D eigenvalue weighted by molar-refractivity contribution is -0.136. The smallest absolute Gasteiger partial charge is 0.305 e. The molecule has 0 saturated heterocycles. The van der Waals surface area contributed by atoms with Crippen LogP contribution in [-0.4, -0.2) is 42.6 Å². The molecule has 7 heteroatoms. The summed E-state index contributed by atoms with van der Waals surface area (Å²) >= 11 is 0. The molecule has 0 saturated carbocycles. The molecule has 7 nitrogen and oxygen atoms in total. The third-order valence-corrected chi connectivity index (χ3v) is 2.99. The Bertz CT molecular complexity index is 523. The molecule has 1 aromatic rings. The van der Waals surface area contributed by atoms with E-state index in [0.29, 0.717) is 17.7 Å². The molecule has 0 heterocycles. The topological polar surface area (TPSA) is 105 Å². The van der Waals surface area contributed by atoms with Crippen LogP contribution in [0.15, 0.2) is 24.3 Å². The number of carbonyl (C=O) groups excluding carboxylic acids is 2. The first kappa shape index (κ1) is 17.6. The molecule has 0 spiro atoms. The number of amides is 2. The van der Waals surface area contributed by atoms with Crippen LogP contribution in [0, 0.1) is 0 Å². The van der Waals surface area contributed by atoms with Crippen molar-refractivity contribution in [3.05, 3.63) is 29.8 Å². The highest BCUT2D eigenvalue weighted by Gasteiger charge is 2.15. The average molecular weight is 308 g/mol. The lowest BCUT2D eigenvalue weighted by Crippen LogP contribution is -2.29. The number of rotatable bonds is 8. The fraction of sp³-hybridized carbons (Fsp3) is 0.400. The number of aliphatic carboxylic acids is 1. The van der Waals surface area contributed by atoms with Crippen LogP contribution in [0.4, 0.5) is 5.69 Å². The van der Waals surface area contributed by atoms with Crippen molar-refractivity contribution in [2.75, 3.05) is 19.0 Å². The van der Waals surface area contributed by atoms with E-state index in [-0.39, 0.29) is 24.8 Å². The minimum Gasteiger partial charge on any atom is -0.481 e. The van der Waals surface area contributed by atoms with Crippen molar-refractivity contribution in [1.82, 2.24) is 5.32 Å². The highest BCUT2D eigenvalue weighted by atomic mass is 16.5. The number of hydrogen-bond donors (Lipinski definition) is 3. The molecule has 22 heavy (non-hydrogen) atoms. The molecule has 0 bridgehead atoms. The van der Waals surface area contributed by atoms with Gasteiger partial charge in [0.2, 0.25) is 0 Å². The zero-order valence-electron chi connectivity index (χ0n) is 12.6. The molecule has 0 aromatic heterocycles. The van der Waals surface area contributed by atoms with Crippen LogP contribution in [0.5, 0.6) is 0 Å². The highest BCUT2D eigenvalue weighted by molar-refractivity contribution is 5.96. The molecule has 2 amide bonds. The number of carboxylic acids is 1. The summed E-state index contributed by atoms with van der Waals surface area (Å²) in [5.74, 6) is -1.58. The minimum absolute atomic E-state index is 0.0681. The summed E-state index contributed by atoms with van der Waals surface area (Å²) in [6, 6.07) is 6.32. The van der Waals surface area contributed by atoms with E-state index in [2.05, 4.69) is 10.6 Å². The van der Waals surface area contributed by atoms with Crippen molar-refractivity contribution in [2.24, 2.45) is 0 Å². The Kier molecular flexibility index (Phi) is 7.04. The van der Waals surface area contributed by atoms with Gasteiger partial charge in [-0.25, -0.2) is 0 Å². The van der Waals surface area contributed by atoms with E-state index in [1.807, 2.05) is 6.92 Å². The van der Waals surface area contributed by atoms with Crippen molar-refractivity contribution >= 4 is 23.5 Å². The lowest BCUT2D eigenvalue weighted by Gasteiger charge is -2.13. The van der Waals surface area contributed by atoms with Gasteiger partial charge in [-0.05, 0) is 30.7 Å². The second kappa shape index (κ2) is 8.78. The molecular weight excluding hydrogens is 288 g/mol. The first-order chi connectivity index (χ1) is 10.5. The Balaban J connectivity index is 2.57. The van der Waals surface area contributed by atoms with Crippen LogP contribution in [0.3, 0.4) is 0 Å². The third kappa shape index (κ3) is 5.53. The standard InChI is InChI=1S/C15H20N2O5/c1-3-12(22-2)15(21)17-11-6-4-10(5-7-11)14(20)16-9-8-13(18)19/h4-7,12H,3,8-9H2,1-2H3,(H,16,20)(H,17,21)(H,18,19). The predicted molar refractivity (Wildman–Crippen MR) is 80.7 cm³/mol. The van der Waals surface area contributed by atoms with E-state index in [0.717, 1.165) is 0 Å². The van der Waals surface area contributed by atoms with Crippen molar-refractivity contribution in [3.63, 3.8) is 0 Å². The van der Waals surface area contributed by atoms with Crippen molar-refractivity contribution in [1.29, 1.82) is 0 Å². The van der Waals surface area contributed by atoms with Gasteiger partial charge in [0.1, 0.15) is 6.10 Å². The molecule has 3 N–H and O–H groups in total. The van der Waals surface area contributed by atoms with Gasteiger partial charge < -0.3 is 20.5 Å². The number of carbonyl (C=O) groups is 3. The van der Waals surface area contributed by atoms with Gasteiger partial charge in [0, 0.05) is 24.9 Å². The Morgan fingerprint density at radius 1 is 1.23 bits per heavy atom. The summed E-state index contributed by atoms with van der Waals surface area (Å²) in [4.78, 5) is 33.9. The summed E-state index contributed by atoms with van der Waals surface area (Å²) in [6.45, 7) is 1.91. The van der Waals surface area contributed by atoms with Gasteiger partial charge in [-0.2, -0.15) is 0 Å². The fourth-order valence-corrected chi connectivity index (χ4v) is 1.77. The monoisotopic (exact) mass is 308 g/mol. The SMILES string of the molecule is CCC(OC)C(=O)Nc1ccc(C(=O)NCCC(=O)O)cc1. The van der Waals surface area contributed by atoms with E-state index >= 15 is 0 Å².